The fourth-order valence-corrected chi connectivity index (χ4v) is 5.13. The molecular weight excluding hydrogens is 430 g/mol. The van der Waals surface area contributed by atoms with Gasteiger partial charge < -0.3 is 4.74 Å². The molecular formula is C27H23N3O2S. The minimum Gasteiger partial charge on any atom is -0.449 e. The number of pyridine rings is 1. The van der Waals surface area contributed by atoms with Gasteiger partial charge >= 0.3 is 6.09 Å². The Morgan fingerprint density at radius 3 is 2.55 bits per heavy atom. The quantitative estimate of drug-likeness (QED) is 0.291. The number of hydrogen-bond donors (Lipinski definition) is 0. The van der Waals surface area contributed by atoms with E-state index < -0.39 is 0 Å². The molecule has 164 valence electrons. The van der Waals surface area contributed by atoms with Crippen LogP contribution in [0, 0.1) is 13.8 Å². The van der Waals surface area contributed by atoms with Crippen molar-refractivity contribution in [3.63, 3.8) is 0 Å². The maximum atomic E-state index is 12.9. The minimum absolute atomic E-state index is 0.310. The van der Waals surface area contributed by atoms with Crippen molar-refractivity contribution in [1.82, 2.24) is 14.5 Å². The van der Waals surface area contributed by atoms with Gasteiger partial charge in [-0.1, -0.05) is 36.4 Å². The summed E-state index contributed by atoms with van der Waals surface area (Å²) in [4.78, 5) is 23.2. The number of benzene rings is 2. The molecule has 0 saturated heterocycles. The highest BCUT2D eigenvalue weighted by Gasteiger charge is 2.20. The van der Waals surface area contributed by atoms with Crippen molar-refractivity contribution >= 4 is 28.3 Å². The number of aryl methyl sites for hydroxylation is 2. The first-order chi connectivity index (χ1) is 16.1. The van der Waals surface area contributed by atoms with Crippen LogP contribution in [0.5, 0.6) is 0 Å². The molecule has 33 heavy (non-hydrogen) atoms. The van der Waals surface area contributed by atoms with Crippen LogP contribution in [0.2, 0.25) is 0 Å². The van der Waals surface area contributed by atoms with Gasteiger partial charge in [-0.05, 0) is 56.7 Å². The van der Waals surface area contributed by atoms with Crippen LogP contribution in [0.1, 0.15) is 18.3 Å². The monoisotopic (exact) mass is 453 g/mol. The summed E-state index contributed by atoms with van der Waals surface area (Å²) in [6.45, 7) is 6.11. The number of nitrogens with zero attached hydrogens (tertiary/aromatic N) is 3. The predicted molar refractivity (Wildman–Crippen MR) is 134 cm³/mol. The van der Waals surface area contributed by atoms with E-state index in [2.05, 4.69) is 23.2 Å². The van der Waals surface area contributed by atoms with Crippen LogP contribution >= 0.6 is 11.3 Å². The van der Waals surface area contributed by atoms with Crippen molar-refractivity contribution in [3.8, 4) is 32.3 Å². The van der Waals surface area contributed by atoms with E-state index in [1.54, 1.807) is 22.1 Å². The van der Waals surface area contributed by atoms with Crippen molar-refractivity contribution in [2.24, 2.45) is 0 Å². The van der Waals surface area contributed by atoms with E-state index in [0.29, 0.717) is 6.61 Å². The first-order valence-electron chi connectivity index (χ1n) is 10.8. The Morgan fingerprint density at radius 1 is 0.970 bits per heavy atom. The van der Waals surface area contributed by atoms with E-state index in [-0.39, 0.29) is 6.09 Å². The molecule has 0 N–H and O–H groups in total. The second-order valence-corrected chi connectivity index (χ2v) is 8.77. The second kappa shape index (κ2) is 8.64. The van der Waals surface area contributed by atoms with Gasteiger partial charge in [-0.15, -0.1) is 11.3 Å². The normalized spacial score (nSPS) is 11.1. The molecule has 6 heteroatoms. The molecule has 5 aromatic rings. The third-order valence-corrected chi connectivity index (χ3v) is 6.87. The Hall–Kier alpha value is -3.77. The van der Waals surface area contributed by atoms with Crippen LogP contribution in [-0.2, 0) is 4.74 Å². The number of carbonyl (C=O) groups is 1. The highest BCUT2D eigenvalue weighted by molar-refractivity contribution is 7.18. The highest BCUT2D eigenvalue weighted by Crippen LogP contribution is 2.38. The zero-order valence-electron chi connectivity index (χ0n) is 18.7. The molecule has 3 aromatic heterocycles. The lowest BCUT2D eigenvalue weighted by Crippen LogP contribution is -2.14. The van der Waals surface area contributed by atoms with Crippen LogP contribution < -0.4 is 0 Å². The third-order valence-electron chi connectivity index (χ3n) is 5.61. The Labute approximate surface area is 196 Å². The van der Waals surface area contributed by atoms with E-state index in [1.807, 2.05) is 69.3 Å². The summed E-state index contributed by atoms with van der Waals surface area (Å²) in [5.41, 5.74) is 6.53. The fraction of sp³-hybridized carbons (Fsp3) is 0.148. The summed E-state index contributed by atoms with van der Waals surface area (Å²) >= 11 is 1.68. The fourth-order valence-electron chi connectivity index (χ4n) is 4.06. The van der Waals surface area contributed by atoms with E-state index >= 15 is 0 Å². The summed E-state index contributed by atoms with van der Waals surface area (Å²) in [6.07, 6.45) is 1.37. The average Bonchev–Trinajstić information content (AvgIpc) is 3.40. The molecule has 5 nitrogen and oxygen atoms in total. The third kappa shape index (κ3) is 3.83. The van der Waals surface area contributed by atoms with Crippen LogP contribution in [0.25, 0.3) is 43.2 Å². The SMILES string of the molecule is CCOC(=O)n1c(-c2cccnc2C)cc2cc(-c3sc(-c4ccccc4)nc3C)ccc21. The van der Waals surface area contributed by atoms with Gasteiger partial charge in [-0.2, -0.15) is 0 Å². The first kappa shape index (κ1) is 21.1. The van der Waals surface area contributed by atoms with Crippen LogP contribution in [0.15, 0.2) is 72.9 Å². The van der Waals surface area contributed by atoms with Crippen molar-refractivity contribution in [3.05, 3.63) is 84.3 Å². The molecule has 0 amide bonds. The zero-order chi connectivity index (χ0) is 22.9. The van der Waals surface area contributed by atoms with E-state index in [9.17, 15) is 4.79 Å². The lowest BCUT2D eigenvalue weighted by atomic mass is 10.1. The summed E-state index contributed by atoms with van der Waals surface area (Å²) in [6, 6.07) is 22.3. The number of thiazole rings is 1. The number of carbonyl (C=O) groups excluding carboxylic acids is 1. The first-order valence-corrected chi connectivity index (χ1v) is 11.7. The van der Waals surface area contributed by atoms with Gasteiger partial charge in [0.25, 0.3) is 0 Å². The topological polar surface area (TPSA) is 57.0 Å². The molecule has 0 aliphatic heterocycles. The maximum absolute atomic E-state index is 12.9. The van der Waals surface area contributed by atoms with Crippen LogP contribution in [-0.4, -0.2) is 27.2 Å². The standard InChI is InChI=1S/C27H23N3O2S/c1-4-32-27(31)30-23-13-12-20(15-21(23)16-24(30)22-11-8-14-28-17(22)2)25-18(3)29-26(33-25)19-9-6-5-7-10-19/h5-16H,4H2,1-3H3. The molecule has 0 radical (unpaired) electrons. The molecule has 0 spiro atoms. The summed E-state index contributed by atoms with van der Waals surface area (Å²) < 4.78 is 7.02. The Bertz CT molecular complexity index is 1470. The smallest absolute Gasteiger partial charge is 0.418 e. The van der Waals surface area contributed by atoms with Crippen molar-refractivity contribution < 1.29 is 9.53 Å². The van der Waals surface area contributed by atoms with Gasteiger partial charge in [-0.3, -0.25) is 4.98 Å². The van der Waals surface area contributed by atoms with E-state index in [0.717, 1.165) is 54.6 Å². The van der Waals surface area contributed by atoms with Crippen molar-refractivity contribution in [2.75, 3.05) is 6.61 Å². The van der Waals surface area contributed by atoms with Crippen molar-refractivity contribution in [2.45, 2.75) is 20.8 Å². The molecule has 5 rings (SSSR count). The lowest BCUT2D eigenvalue weighted by molar-refractivity contribution is 0.155. The number of aromatic nitrogens is 3. The maximum Gasteiger partial charge on any atom is 0.418 e. The van der Waals surface area contributed by atoms with Gasteiger partial charge in [0.2, 0.25) is 0 Å². The Balaban J connectivity index is 1.66. The minimum atomic E-state index is -0.390. The Morgan fingerprint density at radius 2 is 1.79 bits per heavy atom. The molecule has 0 saturated carbocycles. The zero-order valence-corrected chi connectivity index (χ0v) is 19.5. The summed E-state index contributed by atoms with van der Waals surface area (Å²) in [5.74, 6) is 0. The van der Waals surface area contributed by atoms with Gasteiger partial charge in [0.1, 0.15) is 5.01 Å². The lowest BCUT2D eigenvalue weighted by Gasteiger charge is -2.10. The summed E-state index contributed by atoms with van der Waals surface area (Å²) in [5, 5.41) is 1.96. The second-order valence-electron chi connectivity index (χ2n) is 7.77. The van der Waals surface area contributed by atoms with Crippen LogP contribution in [0.3, 0.4) is 0 Å². The van der Waals surface area contributed by atoms with Gasteiger partial charge in [0.05, 0.1) is 28.4 Å². The van der Waals surface area contributed by atoms with Gasteiger partial charge in [0.15, 0.2) is 0 Å². The molecule has 0 bridgehead atoms. The number of rotatable bonds is 4. The predicted octanol–water partition coefficient (Wildman–Crippen LogP) is 7.12. The summed E-state index contributed by atoms with van der Waals surface area (Å²) in [7, 11) is 0. The molecule has 0 unspecified atom stereocenters. The van der Waals surface area contributed by atoms with Gasteiger partial charge in [-0.25, -0.2) is 14.3 Å². The number of fused-ring (bicyclic) bond motifs is 1. The van der Waals surface area contributed by atoms with E-state index in [1.165, 1.54) is 0 Å². The van der Waals surface area contributed by atoms with Crippen molar-refractivity contribution in [1.29, 1.82) is 0 Å². The largest absolute Gasteiger partial charge is 0.449 e. The molecule has 0 fully saturated rings. The molecule has 3 heterocycles. The number of hydrogen-bond acceptors (Lipinski definition) is 5. The molecule has 0 atom stereocenters. The Kier molecular flexibility index (Phi) is 5.52. The number of ether oxygens (including phenoxy) is 1. The molecule has 0 aliphatic carbocycles. The average molecular weight is 454 g/mol. The van der Waals surface area contributed by atoms with E-state index in [4.69, 9.17) is 9.72 Å². The van der Waals surface area contributed by atoms with Gasteiger partial charge in [0, 0.05) is 28.4 Å². The van der Waals surface area contributed by atoms with Crippen LogP contribution in [0.4, 0.5) is 4.79 Å². The molecule has 0 aliphatic rings. The highest BCUT2D eigenvalue weighted by atomic mass is 32.1. The molecule has 2 aromatic carbocycles.